The van der Waals surface area contributed by atoms with Gasteiger partial charge in [0.05, 0.1) is 22.2 Å². The number of allylic oxidation sites excluding steroid dienone is 1. The lowest BCUT2D eigenvalue weighted by Gasteiger charge is -2.41. The van der Waals surface area contributed by atoms with E-state index in [0.717, 1.165) is 40.2 Å². The Bertz CT molecular complexity index is 1510. The molecular formula is C27H28N4O3S2. The largest absolute Gasteiger partial charge is 0.345 e. The first-order valence-corrected chi connectivity index (χ1v) is 14.2. The fourth-order valence-electron chi connectivity index (χ4n) is 4.65. The highest BCUT2D eigenvalue weighted by Crippen LogP contribution is 2.40. The van der Waals surface area contributed by atoms with E-state index in [2.05, 4.69) is 9.62 Å². The van der Waals surface area contributed by atoms with Crippen molar-refractivity contribution in [2.24, 2.45) is 4.99 Å². The summed E-state index contributed by atoms with van der Waals surface area (Å²) in [6, 6.07) is 19.7. The first kappa shape index (κ1) is 24.4. The number of thioether (sulfide) groups is 1. The zero-order chi connectivity index (χ0) is 25.4. The number of benzene rings is 3. The van der Waals surface area contributed by atoms with Crippen LogP contribution in [0.2, 0.25) is 0 Å². The van der Waals surface area contributed by atoms with Crippen molar-refractivity contribution in [3.8, 4) is 0 Å². The number of carbonyl (C=O) groups is 1. The zero-order valence-corrected chi connectivity index (χ0v) is 22.1. The van der Waals surface area contributed by atoms with E-state index in [9.17, 15) is 13.2 Å². The molecule has 7 nitrogen and oxygen atoms in total. The fraction of sp³-hybridized carbons (Fsp3) is 0.259. The number of aliphatic imine (C=N–C) groups is 1. The van der Waals surface area contributed by atoms with Crippen LogP contribution >= 0.6 is 11.8 Å². The van der Waals surface area contributed by atoms with Gasteiger partial charge in [-0.2, -0.15) is 0 Å². The summed E-state index contributed by atoms with van der Waals surface area (Å²) in [6.07, 6.45) is 0.983. The van der Waals surface area contributed by atoms with Crippen LogP contribution in [0.25, 0.3) is 10.8 Å². The fourth-order valence-corrected chi connectivity index (χ4v) is 6.75. The summed E-state index contributed by atoms with van der Waals surface area (Å²) in [6.45, 7) is 2.65. The number of anilines is 1. The molecule has 0 saturated carbocycles. The summed E-state index contributed by atoms with van der Waals surface area (Å²) in [5.74, 6) is 0.885. The van der Waals surface area contributed by atoms with E-state index < -0.39 is 10.0 Å². The van der Waals surface area contributed by atoms with Gasteiger partial charge in [-0.3, -0.25) is 9.52 Å². The molecule has 1 N–H and O–H groups in total. The average Bonchev–Trinajstić information content (AvgIpc) is 2.87. The molecule has 2 aliphatic heterocycles. The van der Waals surface area contributed by atoms with E-state index >= 15 is 0 Å². The molecule has 9 heteroatoms. The standard InChI is InChI=1S/C27H28N4O3S2/c1-18-24(26(32)30(2)3)25(31-14-7-15-35-27(31)28-18)21-10-6-11-22(16-21)29-36(33,34)23-13-12-19-8-4-5-9-20(19)17-23/h4-6,8-13,16-17,25,29H,7,14-15H2,1-3H3. The minimum Gasteiger partial charge on any atom is -0.345 e. The van der Waals surface area contributed by atoms with E-state index in [4.69, 9.17) is 4.99 Å². The molecule has 2 heterocycles. The summed E-state index contributed by atoms with van der Waals surface area (Å²) >= 11 is 1.69. The third-order valence-electron chi connectivity index (χ3n) is 6.38. The summed E-state index contributed by atoms with van der Waals surface area (Å²) in [4.78, 5) is 21.9. The molecule has 5 rings (SSSR count). The molecule has 1 saturated heterocycles. The maximum atomic E-state index is 13.3. The molecule has 0 aliphatic carbocycles. The number of nitrogens with one attached hydrogen (secondary N) is 1. The van der Waals surface area contributed by atoms with E-state index in [-0.39, 0.29) is 16.8 Å². The molecule has 1 unspecified atom stereocenters. The predicted molar refractivity (Wildman–Crippen MR) is 147 cm³/mol. The van der Waals surface area contributed by atoms with Gasteiger partial charge in [-0.15, -0.1) is 0 Å². The van der Waals surface area contributed by atoms with Crippen LogP contribution in [0.4, 0.5) is 5.69 Å². The van der Waals surface area contributed by atoms with Crippen molar-refractivity contribution in [2.75, 3.05) is 31.1 Å². The van der Waals surface area contributed by atoms with Crippen LogP contribution in [0, 0.1) is 0 Å². The number of rotatable bonds is 5. The molecule has 2 aliphatic rings. The van der Waals surface area contributed by atoms with Gasteiger partial charge >= 0.3 is 0 Å². The number of likely N-dealkylation sites (N-methyl/N-ethyl adjacent to an activating group) is 1. The lowest BCUT2D eigenvalue weighted by molar-refractivity contribution is -0.125. The zero-order valence-electron chi connectivity index (χ0n) is 20.4. The number of fused-ring (bicyclic) bond motifs is 2. The second-order valence-corrected chi connectivity index (χ2v) is 11.9. The van der Waals surface area contributed by atoms with Crippen LogP contribution in [0.3, 0.4) is 0 Å². The molecule has 0 aromatic heterocycles. The van der Waals surface area contributed by atoms with Crippen LogP contribution in [-0.4, -0.2) is 55.7 Å². The number of amidine groups is 1. The van der Waals surface area contributed by atoms with Crippen LogP contribution in [0.1, 0.15) is 24.9 Å². The minimum absolute atomic E-state index is 0.0991. The second-order valence-electron chi connectivity index (χ2n) is 9.13. The van der Waals surface area contributed by atoms with Crippen molar-refractivity contribution in [3.63, 3.8) is 0 Å². The Morgan fingerprint density at radius 1 is 1.06 bits per heavy atom. The van der Waals surface area contributed by atoms with Crippen molar-refractivity contribution in [1.29, 1.82) is 0 Å². The van der Waals surface area contributed by atoms with Crippen LogP contribution in [-0.2, 0) is 14.8 Å². The molecular weight excluding hydrogens is 492 g/mol. The third-order valence-corrected chi connectivity index (χ3v) is 8.84. The van der Waals surface area contributed by atoms with Gasteiger partial charge in [0.25, 0.3) is 15.9 Å². The molecule has 1 fully saturated rings. The summed E-state index contributed by atoms with van der Waals surface area (Å²) in [7, 11) is -0.340. The normalized spacial score (nSPS) is 18.0. The van der Waals surface area contributed by atoms with Gasteiger partial charge in [-0.05, 0) is 53.9 Å². The topological polar surface area (TPSA) is 82.1 Å². The van der Waals surface area contributed by atoms with Gasteiger partial charge in [0.2, 0.25) is 0 Å². The Kier molecular flexibility index (Phi) is 6.53. The predicted octanol–water partition coefficient (Wildman–Crippen LogP) is 4.85. The molecule has 0 spiro atoms. The Morgan fingerprint density at radius 3 is 2.61 bits per heavy atom. The molecule has 0 radical (unpaired) electrons. The summed E-state index contributed by atoms with van der Waals surface area (Å²) in [5.41, 5.74) is 2.60. The molecule has 186 valence electrons. The van der Waals surface area contributed by atoms with Gasteiger partial charge in [-0.1, -0.05) is 54.2 Å². The van der Waals surface area contributed by atoms with Crippen LogP contribution in [0.15, 0.2) is 87.9 Å². The third kappa shape index (κ3) is 4.60. The Labute approximate surface area is 215 Å². The molecule has 3 aromatic carbocycles. The van der Waals surface area contributed by atoms with E-state index in [1.807, 2.05) is 55.5 Å². The molecule has 0 bridgehead atoms. The van der Waals surface area contributed by atoms with E-state index in [1.54, 1.807) is 49.0 Å². The average molecular weight is 521 g/mol. The maximum Gasteiger partial charge on any atom is 0.261 e. The lowest BCUT2D eigenvalue weighted by Crippen LogP contribution is -2.43. The highest BCUT2D eigenvalue weighted by Gasteiger charge is 2.37. The first-order valence-electron chi connectivity index (χ1n) is 11.8. The maximum absolute atomic E-state index is 13.3. The molecule has 1 atom stereocenters. The van der Waals surface area contributed by atoms with Crippen molar-refractivity contribution in [2.45, 2.75) is 24.3 Å². The van der Waals surface area contributed by atoms with Crippen LogP contribution < -0.4 is 4.72 Å². The molecule has 36 heavy (non-hydrogen) atoms. The summed E-state index contributed by atoms with van der Waals surface area (Å²) < 4.78 is 29.3. The minimum atomic E-state index is -3.81. The van der Waals surface area contributed by atoms with Gasteiger partial charge in [0.15, 0.2) is 5.17 Å². The number of amides is 1. The van der Waals surface area contributed by atoms with E-state index in [0.29, 0.717) is 17.0 Å². The van der Waals surface area contributed by atoms with Crippen molar-refractivity contribution >= 4 is 49.3 Å². The Hall–Kier alpha value is -3.30. The van der Waals surface area contributed by atoms with Crippen molar-refractivity contribution < 1.29 is 13.2 Å². The summed E-state index contributed by atoms with van der Waals surface area (Å²) in [5, 5.41) is 2.74. The SMILES string of the molecule is CC1=C(C(=O)N(C)C)C(c2cccc(NS(=O)(=O)c3ccc4ccccc4c3)c2)N2CCCSC2=N1. The van der Waals surface area contributed by atoms with Crippen LogP contribution in [0.5, 0.6) is 0 Å². The van der Waals surface area contributed by atoms with Gasteiger partial charge in [-0.25, -0.2) is 13.4 Å². The van der Waals surface area contributed by atoms with Gasteiger partial charge in [0.1, 0.15) is 0 Å². The Balaban J connectivity index is 1.51. The van der Waals surface area contributed by atoms with Gasteiger partial charge < -0.3 is 9.80 Å². The highest BCUT2D eigenvalue weighted by molar-refractivity contribution is 8.13. The van der Waals surface area contributed by atoms with Crippen molar-refractivity contribution in [1.82, 2.24) is 9.80 Å². The Morgan fingerprint density at radius 2 is 1.83 bits per heavy atom. The smallest absolute Gasteiger partial charge is 0.261 e. The first-order chi connectivity index (χ1) is 17.2. The number of hydrogen-bond donors (Lipinski definition) is 1. The number of carbonyl (C=O) groups excluding carboxylic acids is 1. The number of sulfonamides is 1. The number of hydrogen-bond acceptors (Lipinski definition) is 6. The van der Waals surface area contributed by atoms with Gasteiger partial charge in [0, 0.05) is 32.1 Å². The molecule has 1 amide bonds. The molecule has 3 aromatic rings. The van der Waals surface area contributed by atoms with Crippen molar-refractivity contribution in [3.05, 3.63) is 83.6 Å². The lowest BCUT2D eigenvalue weighted by atomic mass is 9.93. The highest BCUT2D eigenvalue weighted by atomic mass is 32.2. The van der Waals surface area contributed by atoms with E-state index in [1.165, 1.54) is 0 Å². The number of nitrogens with zero attached hydrogens (tertiary/aromatic N) is 3. The monoisotopic (exact) mass is 520 g/mol. The second kappa shape index (κ2) is 9.63. The quantitative estimate of drug-likeness (QED) is 0.520.